The highest BCUT2D eigenvalue weighted by atomic mass is 16.5. The molecule has 0 radical (unpaired) electrons. The van der Waals surface area contributed by atoms with Gasteiger partial charge in [-0.2, -0.15) is 0 Å². The van der Waals surface area contributed by atoms with E-state index in [4.69, 9.17) is 9.47 Å². The summed E-state index contributed by atoms with van der Waals surface area (Å²) >= 11 is 0. The summed E-state index contributed by atoms with van der Waals surface area (Å²) in [7, 11) is 0. The van der Waals surface area contributed by atoms with Crippen LogP contribution in [-0.4, -0.2) is 62.5 Å². The van der Waals surface area contributed by atoms with Gasteiger partial charge in [0.2, 0.25) is 0 Å². The lowest BCUT2D eigenvalue weighted by Crippen LogP contribution is -2.57. The van der Waals surface area contributed by atoms with Gasteiger partial charge in [-0.3, -0.25) is 4.90 Å². The molecule has 0 aromatic rings. The average molecular weight is 240 g/mol. The van der Waals surface area contributed by atoms with Crippen LogP contribution in [0.4, 0.5) is 0 Å². The van der Waals surface area contributed by atoms with E-state index in [1.54, 1.807) is 0 Å². The van der Waals surface area contributed by atoms with E-state index >= 15 is 0 Å². The zero-order chi connectivity index (χ0) is 11.5. The third kappa shape index (κ3) is 2.81. The Labute approximate surface area is 104 Å². The molecule has 1 aliphatic carbocycles. The van der Waals surface area contributed by atoms with Crippen molar-refractivity contribution in [3.05, 3.63) is 0 Å². The molecule has 1 N–H and O–H groups in total. The highest BCUT2D eigenvalue weighted by molar-refractivity contribution is 4.89. The zero-order valence-corrected chi connectivity index (χ0v) is 10.6. The van der Waals surface area contributed by atoms with Crippen LogP contribution in [0, 0.1) is 0 Å². The first-order valence-corrected chi connectivity index (χ1v) is 7.10. The van der Waals surface area contributed by atoms with E-state index in [1.165, 1.54) is 25.7 Å². The number of nitrogens with one attached hydrogen (secondary N) is 1. The van der Waals surface area contributed by atoms with E-state index in [0.29, 0.717) is 18.2 Å². The summed E-state index contributed by atoms with van der Waals surface area (Å²) < 4.78 is 11.4. The molecule has 4 heteroatoms. The number of rotatable bonds is 2. The fourth-order valence-electron chi connectivity index (χ4n) is 3.42. The minimum absolute atomic E-state index is 0.502. The standard InChI is InChI=1S/C13H24N2O2/c1-2-4-13-12(3-1)15(6-8-17-13)9-11-10-16-7-5-14-11/h11-14H,1-10H2. The van der Waals surface area contributed by atoms with Crippen molar-refractivity contribution >= 4 is 0 Å². The second-order valence-electron chi connectivity index (χ2n) is 5.48. The van der Waals surface area contributed by atoms with Crippen LogP contribution >= 0.6 is 0 Å². The lowest BCUT2D eigenvalue weighted by molar-refractivity contribution is -0.0937. The van der Waals surface area contributed by atoms with Crippen LogP contribution in [0.15, 0.2) is 0 Å². The van der Waals surface area contributed by atoms with Gasteiger partial charge >= 0.3 is 0 Å². The first kappa shape index (κ1) is 11.9. The van der Waals surface area contributed by atoms with Gasteiger partial charge in [0.25, 0.3) is 0 Å². The van der Waals surface area contributed by atoms with Crippen LogP contribution < -0.4 is 5.32 Å². The average Bonchev–Trinajstić information content (AvgIpc) is 2.40. The summed E-state index contributed by atoms with van der Waals surface area (Å²) in [5.41, 5.74) is 0. The maximum atomic E-state index is 5.91. The third-order valence-corrected chi connectivity index (χ3v) is 4.30. The molecule has 2 saturated heterocycles. The molecule has 3 aliphatic rings. The summed E-state index contributed by atoms with van der Waals surface area (Å²) in [5, 5.41) is 3.55. The molecule has 2 aliphatic heterocycles. The number of fused-ring (bicyclic) bond motifs is 1. The van der Waals surface area contributed by atoms with E-state index in [9.17, 15) is 0 Å². The molecular weight excluding hydrogens is 216 g/mol. The van der Waals surface area contributed by atoms with Gasteiger partial charge in [-0.25, -0.2) is 0 Å². The van der Waals surface area contributed by atoms with Crippen molar-refractivity contribution in [2.24, 2.45) is 0 Å². The Hall–Kier alpha value is -0.160. The Balaban J connectivity index is 1.56. The molecule has 2 heterocycles. The van der Waals surface area contributed by atoms with Crippen molar-refractivity contribution in [3.8, 4) is 0 Å². The predicted molar refractivity (Wildman–Crippen MR) is 66.2 cm³/mol. The molecule has 0 spiro atoms. The van der Waals surface area contributed by atoms with Gasteiger partial charge in [-0.15, -0.1) is 0 Å². The maximum Gasteiger partial charge on any atom is 0.0730 e. The Morgan fingerprint density at radius 3 is 3.00 bits per heavy atom. The molecule has 3 atom stereocenters. The van der Waals surface area contributed by atoms with E-state index in [1.807, 2.05) is 0 Å². The van der Waals surface area contributed by atoms with Crippen molar-refractivity contribution in [1.29, 1.82) is 0 Å². The van der Waals surface area contributed by atoms with E-state index in [-0.39, 0.29) is 0 Å². The predicted octanol–water partition coefficient (Wildman–Crippen LogP) is 0.618. The first-order valence-electron chi connectivity index (χ1n) is 7.10. The molecule has 4 nitrogen and oxygen atoms in total. The number of hydrogen-bond donors (Lipinski definition) is 1. The summed E-state index contributed by atoms with van der Waals surface area (Å²) in [6, 6.07) is 1.19. The quantitative estimate of drug-likeness (QED) is 0.767. The Kier molecular flexibility index (Phi) is 3.96. The van der Waals surface area contributed by atoms with Crippen LogP contribution in [0.2, 0.25) is 0 Å². The number of ether oxygens (including phenoxy) is 2. The number of morpholine rings is 2. The topological polar surface area (TPSA) is 33.7 Å². The lowest BCUT2D eigenvalue weighted by Gasteiger charge is -2.45. The van der Waals surface area contributed by atoms with Crippen molar-refractivity contribution in [3.63, 3.8) is 0 Å². The molecule has 3 fully saturated rings. The minimum atomic E-state index is 0.502. The largest absolute Gasteiger partial charge is 0.378 e. The van der Waals surface area contributed by atoms with Gasteiger partial charge in [0.15, 0.2) is 0 Å². The van der Waals surface area contributed by atoms with Crippen LogP contribution in [0.5, 0.6) is 0 Å². The van der Waals surface area contributed by atoms with Gasteiger partial charge in [-0.1, -0.05) is 12.8 Å². The van der Waals surface area contributed by atoms with Gasteiger partial charge in [0, 0.05) is 31.7 Å². The molecule has 0 aromatic carbocycles. The van der Waals surface area contributed by atoms with E-state index in [2.05, 4.69) is 10.2 Å². The molecule has 3 unspecified atom stereocenters. The van der Waals surface area contributed by atoms with Gasteiger partial charge < -0.3 is 14.8 Å². The maximum absolute atomic E-state index is 5.91. The van der Waals surface area contributed by atoms with E-state index < -0.39 is 0 Å². The van der Waals surface area contributed by atoms with Gasteiger partial charge in [-0.05, 0) is 12.8 Å². The second kappa shape index (κ2) is 5.65. The highest BCUT2D eigenvalue weighted by Crippen LogP contribution is 2.28. The Morgan fingerprint density at radius 2 is 2.12 bits per heavy atom. The Morgan fingerprint density at radius 1 is 1.18 bits per heavy atom. The molecule has 0 bridgehead atoms. The summed E-state index contributed by atoms with van der Waals surface area (Å²) in [5.74, 6) is 0. The number of nitrogens with zero attached hydrogens (tertiary/aromatic N) is 1. The monoisotopic (exact) mass is 240 g/mol. The van der Waals surface area contributed by atoms with Gasteiger partial charge in [0.1, 0.15) is 0 Å². The third-order valence-electron chi connectivity index (χ3n) is 4.30. The van der Waals surface area contributed by atoms with E-state index in [0.717, 1.165) is 39.5 Å². The Bertz CT molecular complexity index is 242. The smallest absolute Gasteiger partial charge is 0.0730 e. The van der Waals surface area contributed by atoms with Crippen molar-refractivity contribution < 1.29 is 9.47 Å². The normalized spacial score (nSPS) is 39.9. The minimum Gasteiger partial charge on any atom is -0.378 e. The molecule has 98 valence electrons. The van der Waals surface area contributed by atoms with Crippen LogP contribution in [0.3, 0.4) is 0 Å². The molecular formula is C13H24N2O2. The molecule has 17 heavy (non-hydrogen) atoms. The van der Waals surface area contributed by atoms with Crippen LogP contribution in [0.1, 0.15) is 25.7 Å². The van der Waals surface area contributed by atoms with Crippen molar-refractivity contribution in [2.45, 2.75) is 43.9 Å². The number of hydrogen-bond acceptors (Lipinski definition) is 4. The summed E-state index contributed by atoms with van der Waals surface area (Å²) in [6.45, 7) is 5.88. The molecule has 1 saturated carbocycles. The summed E-state index contributed by atoms with van der Waals surface area (Å²) in [6.07, 6.45) is 5.80. The highest BCUT2D eigenvalue weighted by Gasteiger charge is 2.35. The lowest BCUT2D eigenvalue weighted by atomic mass is 9.90. The molecule has 0 amide bonds. The fraction of sp³-hybridized carbons (Fsp3) is 1.00. The SMILES string of the molecule is C1CCC2C(C1)OCCN2CC1COCCN1. The van der Waals surface area contributed by atoms with Crippen LogP contribution in [0.25, 0.3) is 0 Å². The summed E-state index contributed by atoms with van der Waals surface area (Å²) in [4.78, 5) is 2.64. The molecule has 3 rings (SSSR count). The van der Waals surface area contributed by atoms with Crippen LogP contribution in [-0.2, 0) is 9.47 Å². The fourth-order valence-corrected chi connectivity index (χ4v) is 3.42. The van der Waals surface area contributed by atoms with Crippen molar-refractivity contribution in [2.75, 3.05) is 39.5 Å². The van der Waals surface area contributed by atoms with Crippen molar-refractivity contribution in [1.82, 2.24) is 10.2 Å². The van der Waals surface area contributed by atoms with Gasteiger partial charge in [0.05, 0.1) is 25.9 Å². The zero-order valence-electron chi connectivity index (χ0n) is 10.6. The first-order chi connectivity index (χ1) is 8.43. The molecule has 0 aromatic heterocycles. The second-order valence-corrected chi connectivity index (χ2v) is 5.48.